The number of carbonyl (C=O) groups is 1. The Morgan fingerprint density at radius 3 is 2.27 bits per heavy atom. The van der Waals surface area contributed by atoms with E-state index in [1.807, 2.05) is 0 Å². The zero-order chi connectivity index (χ0) is 15.2. The van der Waals surface area contributed by atoms with Gasteiger partial charge in [-0.05, 0) is 25.7 Å². The molecule has 1 saturated heterocycles. The number of nitrogens with one attached hydrogen (secondary N) is 1. The fraction of sp³-hybridized carbons (Fsp3) is 0.706. The number of hydrogen-bond acceptors (Lipinski definition) is 4. The molecule has 3 rings (SSSR count). The largest absolute Gasteiger partial charge is 0.355 e. The number of carbonyl (C=O) groups excluding carboxylic acids is 1. The zero-order valence-corrected chi connectivity index (χ0v) is 13.3. The lowest BCUT2D eigenvalue weighted by atomic mass is 9.95. The van der Waals surface area contributed by atoms with E-state index in [0.29, 0.717) is 11.7 Å². The van der Waals surface area contributed by atoms with E-state index < -0.39 is 0 Å². The van der Waals surface area contributed by atoms with E-state index in [9.17, 15) is 4.79 Å². The van der Waals surface area contributed by atoms with E-state index >= 15 is 0 Å². The summed E-state index contributed by atoms with van der Waals surface area (Å²) in [5, 5.41) is 3.09. The molecule has 1 aromatic rings. The molecule has 2 fully saturated rings. The smallest absolute Gasteiger partial charge is 0.271 e. The van der Waals surface area contributed by atoms with Gasteiger partial charge in [0.15, 0.2) is 0 Å². The van der Waals surface area contributed by atoms with E-state index in [1.54, 1.807) is 12.4 Å². The molecule has 120 valence electrons. The van der Waals surface area contributed by atoms with Crippen molar-refractivity contribution in [3.8, 4) is 0 Å². The van der Waals surface area contributed by atoms with Crippen LogP contribution in [-0.4, -0.2) is 35.0 Å². The summed E-state index contributed by atoms with van der Waals surface area (Å²) in [7, 11) is 0. The Balaban J connectivity index is 1.59. The molecule has 22 heavy (non-hydrogen) atoms. The maximum Gasteiger partial charge on any atom is 0.271 e. The SMILES string of the molecule is O=C(NC1CCCCC1)c1cnc(N2CCCCCC2)cn1. The molecule has 5 heteroatoms. The van der Waals surface area contributed by atoms with E-state index in [4.69, 9.17) is 0 Å². The zero-order valence-electron chi connectivity index (χ0n) is 13.3. The molecule has 0 radical (unpaired) electrons. The number of hydrogen-bond donors (Lipinski definition) is 1. The first-order valence-electron chi connectivity index (χ1n) is 8.71. The fourth-order valence-electron chi connectivity index (χ4n) is 3.41. The van der Waals surface area contributed by atoms with Gasteiger partial charge in [-0.15, -0.1) is 0 Å². The predicted octanol–water partition coefficient (Wildman–Crippen LogP) is 2.92. The Bertz CT molecular complexity index is 474. The number of nitrogens with zero attached hydrogens (tertiary/aromatic N) is 3. The highest BCUT2D eigenvalue weighted by Crippen LogP contribution is 2.18. The van der Waals surface area contributed by atoms with Gasteiger partial charge in [0.1, 0.15) is 11.5 Å². The highest BCUT2D eigenvalue weighted by atomic mass is 16.1. The third-order valence-electron chi connectivity index (χ3n) is 4.74. The molecule has 0 spiro atoms. The van der Waals surface area contributed by atoms with E-state index in [2.05, 4.69) is 20.2 Å². The summed E-state index contributed by atoms with van der Waals surface area (Å²) in [5.41, 5.74) is 0.434. The molecule has 2 aliphatic rings. The van der Waals surface area contributed by atoms with Crippen molar-refractivity contribution in [2.24, 2.45) is 0 Å². The van der Waals surface area contributed by atoms with Crippen molar-refractivity contribution in [2.45, 2.75) is 63.8 Å². The lowest BCUT2D eigenvalue weighted by Crippen LogP contribution is -2.36. The Morgan fingerprint density at radius 1 is 0.955 bits per heavy atom. The normalized spacial score (nSPS) is 20.5. The molecule has 1 saturated carbocycles. The number of aromatic nitrogens is 2. The van der Waals surface area contributed by atoms with E-state index in [0.717, 1.165) is 31.7 Å². The van der Waals surface area contributed by atoms with Crippen molar-refractivity contribution in [2.75, 3.05) is 18.0 Å². The second-order valence-electron chi connectivity index (χ2n) is 6.47. The van der Waals surface area contributed by atoms with Crippen LogP contribution >= 0.6 is 0 Å². The molecule has 2 heterocycles. The van der Waals surface area contributed by atoms with Gasteiger partial charge in [0.05, 0.1) is 12.4 Å². The minimum Gasteiger partial charge on any atom is -0.355 e. The molecule has 1 aliphatic carbocycles. The Kier molecular flexibility index (Phi) is 5.24. The molecule has 1 N–H and O–H groups in total. The molecular weight excluding hydrogens is 276 g/mol. The van der Waals surface area contributed by atoms with Gasteiger partial charge in [-0.1, -0.05) is 32.1 Å². The highest BCUT2D eigenvalue weighted by molar-refractivity contribution is 5.92. The quantitative estimate of drug-likeness (QED) is 0.932. The van der Waals surface area contributed by atoms with Crippen LogP contribution in [0.25, 0.3) is 0 Å². The average Bonchev–Trinajstić information content (AvgIpc) is 2.85. The summed E-state index contributed by atoms with van der Waals surface area (Å²) >= 11 is 0. The summed E-state index contributed by atoms with van der Waals surface area (Å²) in [4.78, 5) is 23.3. The molecular formula is C17H26N4O. The van der Waals surface area contributed by atoms with Gasteiger partial charge in [0.25, 0.3) is 5.91 Å². The molecule has 0 bridgehead atoms. The van der Waals surface area contributed by atoms with Crippen LogP contribution in [0.3, 0.4) is 0 Å². The van der Waals surface area contributed by atoms with Crippen LogP contribution < -0.4 is 10.2 Å². The van der Waals surface area contributed by atoms with Crippen molar-refractivity contribution in [1.82, 2.24) is 15.3 Å². The van der Waals surface area contributed by atoms with Crippen LogP contribution in [-0.2, 0) is 0 Å². The van der Waals surface area contributed by atoms with Gasteiger partial charge in [-0.3, -0.25) is 4.79 Å². The average molecular weight is 302 g/mol. The van der Waals surface area contributed by atoms with Gasteiger partial charge in [0, 0.05) is 19.1 Å². The van der Waals surface area contributed by atoms with Crippen LogP contribution in [0.4, 0.5) is 5.82 Å². The predicted molar refractivity (Wildman–Crippen MR) is 87.1 cm³/mol. The Hall–Kier alpha value is -1.65. The van der Waals surface area contributed by atoms with Crippen LogP contribution in [0, 0.1) is 0 Å². The summed E-state index contributed by atoms with van der Waals surface area (Å²) in [5.74, 6) is 0.818. The van der Waals surface area contributed by atoms with Gasteiger partial charge >= 0.3 is 0 Å². The van der Waals surface area contributed by atoms with E-state index in [-0.39, 0.29) is 5.91 Å². The summed E-state index contributed by atoms with van der Waals surface area (Å²) in [6, 6.07) is 0.313. The standard InChI is InChI=1S/C17H26N4O/c22-17(20-14-8-4-3-5-9-14)15-12-19-16(13-18-15)21-10-6-1-2-7-11-21/h12-14H,1-11H2,(H,20,22). The molecule has 5 nitrogen and oxygen atoms in total. The maximum atomic E-state index is 12.2. The lowest BCUT2D eigenvalue weighted by Gasteiger charge is -2.23. The minimum absolute atomic E-state index is 0.0817. The second-order valence-corrected chi connectivity index (χ2v) is 6.47. The first kappa shape index (κ1) is 15.3. The summed E-state index contributed by atoms with van der Waals surface area (Å²) < 4.78 is 0. The Morgan fingerprint density at radius 2 is 1.64 bits per heavy atom. The number of anilines is 1. The first-order valence-corrected chi connectivity index (χ1v) is 8.71. The first-order chi connectivity index (χ1) is 10.8. The Labute approximate surface area is 132 Å². The van der Waals surface area contributed by atoms with Crippen molar-refractivity contribution in [1.29, 1.82) is 0 Å². The molecule has 0 atom stereocenters. The topological polar surface area (TPSA) is 58.1 Å². The maximum absolute atomic E-state index is 12.2. The summed E-state index contributed by atoms with van der Waals surface area (Å²) in [6.45, 7) is 2.09. The molecule has 1 amide bonds. The third-order valence-corrected chi connectivity index (χ3v) is 4.74. The second kappa shape index (κ2) is 7.56. The third kappa shape index (κ3) is 3.96. The van der Waals surface area contributed by atoms with E-state index in [1.165, 1.54) is 44.9 Å². The van der Waals surface area contributed by atoms with Crippen molar-refractivity contribution >= 4 is 11.7 Å². The minimum atomic E-state index is -0.0817. The molecule has 0 aromatic carbocycles. The van der Waals surface area contributed by atoms with Crippen LogP contribution in [0.1, 0.15) is 68.3 Å². The molecule has 0 unspecified atom stereocenters. The molecule has 1 aromatic heterocycles. The monoisotopic (exact) mass is 302 g/mol. The van der Waals surface area contributed by atoms with Gasteiger partial charge in [-0.2, -0.15) is 0 Å². The van der Waals surface area contributed by atoms with Gasteiger partial charge in [0.2, 0.25) is 0 Å². The molecule has 1 aliphatic heterocycles. The van der Waals surface area contributed by atoms with Crippen molar-refractivity contribution in [3.05, 3.63) is 18.1 Å². The fourth-order valence-corrected chi connectivity index (χ4v) is 3.41. The van der Waals surface area contributed by atoms with Crippen molar-refractivity contribution < 1.29 is 4.79 Å². The highest BCUT2D eigenvalue weighted by Gasteiger charge is 2.18. The lowest BCUT2D eigenvalue weighted by molar-refractivity contribution is 0.0922. The van der Waals surface area contributed by atoms with Crippen LogP contribution in [0.2, 0.25) is 0 Å². The number of rotatable bonds is 3. The van der Waals surface area contributed by atoms with Crippen LogP contribution in [0.15, 0.2) is 12.4 Å². The van der Waals surface area contributed by atoms with Crippen molar-refractivity contribution in [3.63, 3.8) is 0 Å². The number of amides is 1. The summed E-state index contributed by atoms with van der Waals surface area (Å²) in [6.07, 6.45) is 14.3. The van der Waals surface area contributed by atoms with Crippen LogP contribution in [0.5, 0.6) is 0 Å². The van der Waals surface area contributed by atoms with Gasteiger partial charge < -0.3 is 10.2 Å². The van der Waals surface area contributed by atoms with Gasteiger partial charge in [-0.25, -0.2) is 9.97 Å².